The first-order valence-corrected chi connectivity index (χ1v) is 11.0. The maximum Gasteiger partial charge on any atom is 0.307 e. The third-order valence-electron chi connectivity index (χ3n) is 4.32. The lowest BCUT2D eigenvalue weighted by atomic mass is 10.2. The number of furan rings is 1. The largest absolute Gasteiger partial charge is 0.487 e. The fourth-order valence-corrected chi connectivity index (χ4v) is 4.66. The number of nitrogens with one attached hydrogen (secondary N) is 1. The molecule has 0 saturated carbocycles. The Bertz CT molecular complexity index is 1230. The molecule has 0 bridgehead atoms. The van der Waals surface area contributed by atoms with E-state index in [2.05, 4.69) is 49.0 Å². The summed E-state index contributed by atoms with van der Waals surface area (Å²) in [5.74, 6) is 0.103. The zero-order valence-corrected chi connectivity index (χ0v) is 19.7. The molecule has 1 aromatic heterocycles. The lowest BCUT2D eigenvalue weighted by Crippen LogP contribution is -2.16. The number of fused-ring (bicyclic) bond motifs is 1. The Morgan fingerprint density at radius 1 is 1.16 bits per heavy atom. The van der Waals surface area contributed by atoms with E-state index in [1.807, 2.05) is 30.3 Å². The molecule has 8 heteroatoms. The van der Waals surface area contributed by atoms with Crippen molar-refractivity contribution in [3.05, 3.63) is 97.5 Å². The second kappa shape index (κ2) is 9.61. The third kappa shape index (κ3) is 5.31. The van der Waals surface area contributed by atoms with Gasteiger partial charge in [0.05, 0.1) is 14.3 Å². The normalized spacial score (nSPS) is 11.2. The van der Waals surface area contributed by atoms with Crippen molar-refractivity contribution < 1.29 is 18.3 Å². The van der Waals surface area contributed by atoms with Crippen molar-refractivity contribution in [3.63, 3.8) is 0 Å². The summed E-state index contributed by atoms with van der Waals surface area (Å²) in [7, 11) is 0. The standard InChI is InChI=1S/C23H15BrFIN2O3/c24-18-9-15(10-19(26)22(18)30-13-14-4-3-6-17(25)8-14)12-27-28-23(29)21-11-16-5-1-2-7-20(16)31-21/h1-12H,13H2,(H,28,29)/b27-12+. The quantitative estimate of drug-likeness (QED) is 0.163. The van der Waals surface area contributed by atoms with Gasteiger partial charge in [-0.2, -0.15) is 5.10 Å². The Hall–Kier alpha value is -2.72. The fourth-order valence-electron chi connectivity index (χ4n) is 2.89. The number of para-hydroxylation sites is 1. The molecule has 0 saturated heterocycles. The molecule has 3 aromatic carbocycles. The summed E-state index contributed by atoms with van der Waals surface area (Å²) in [6.07, 6.45) is 1.53. The van der Waals surface area contributed by atoms with Crippen molar-refractivity contribution in [2.75, 3.05) is 0 Å². The van der Waals surface area contributed by atoms with E-state index in [1.54, 1.807) is 24.3 Å². The summed E-state index contributed by atoms with van der Waals surface area (Å²) in [5, 5.41) is 4.86. The Kier molecular flexibility index (Phi) is 6.67. The molecule has 1 amide bonds. The Balaban J connectivity index is 1.41. The van der Waals surface area contributed by atoms with E-state index >= 15 is 0 Å². The number of benzene rings is 3. The second-order valence-corrected chi connectivity index (χ2v) is 8.60. The van der Waals surface area contributed by atoms with Gasteiger partial charge in [0, 0.05) is 5.39 Å². The molecule has 0 aliphatic heterocycles. The number of hydrazone groups is 1. The van der Waals surface area contributed by atoms with Gasteiger partial charge in [0.2, 0.25) is 0 Å². The monoisotopic (exact) mass is 592 g/mol. The van der Waals surface area contributed by atoms with Crippen LogP contribution >= 0.6 is 38.5 Å². The Labute approximate surface area is 199 Å². The van der Waals surface area contributed by atoms with E-state index in [0.717, 1.165) is 24.6 Å². The van der Waals surface area contributed by atoms with Gasteiger partial charge in [-0.25, -0.2) is 9.82 Å². The topological polar surface area (TPSA) is 63.8 Å². The van der Waals surface area contributed by atoms with Crippen LogP contribution in [0, 0.1) is 9.39 Å². The number of amides is 1. The highest BCUT2D eigenvalue weighted by atomic mass is 127. The number of hydrogen-bond donors (Lipinski definition) is 1. The number of ether oxygens (including phenoxy) is 1. The van der Waals surface area contributed by atoms with Crippen LogP contribution in [0.25, 0.3) is 11.0 Å². The number of nitrogens with zero attached hydrogens (tertiary/aromatic N) is 1. The van der Waals surface area contributed by atoms with E-state index in [-0.39, 0.29) is 18.2 Å². The zero-order chi connectivity index (χ0) is 21.8. The van der Waals surface area contributed by atoms with Crippen molar-refractivity contribution in [3.8, 4) is 5.75 Å². The van der Waals surface area contributed by atoms with Gasteiger partial charge in [-0.05, 0) is 86.0 Å². The number of hydrogen-bond acceptors (Lipinski definition) is 4. The first-order valence-electron chi connectivity index (χ1n) is 9.18. The lowest BCUT2D eigenvalue weighted by molar-refractivity contribution is 0.0929. The molecule has 0 unspecified atom stereocenters. The number of halogens is 3. The van der Waals surface area contributed by atoms with Crippen LogP contribution in [0.15, 0.2) is 80.7 Å². The van der Waals surface area contributed by atoms with Gasteiger partial charge in [0.25, 0.3) is 0 Å². The maximum atomic E-state index is 13.3. The van der Waals surface area contributed by atoms with Crippen LogP contribution in [0.5, 0.6) is 5.75 Å². The van der Waals surface area contributed by atoms with Gasteiger partial charge in [0.1, 0.15) is 23.8 Å². The van der Waals surface area contributed by atoms with Crippen molar-refractivity contribution in [2.24, 2.45) is 5.10 Å². The van der Waals surface area contributed by atoms with Crippen molar-refractivity contribution >= 4 is 61.6 Å². The molecule has 156 valence electrons. The first kappa shape index (κ1) is 21.5. The predicted molar refractivity (Wildman–Crippen MR) is 129 cm³/mol. The van der Waals surface area contributed by atoms with Crippen molar-refractivity contribution in [1.82, 2.24) is 5.43 Å². The minimum Gasteiger partial charge on any atom is -0.487 e. The van der Waals surface area contributed by atoms with Gasteiger partial charge >= 0.3 is 5.91 Å². The average Bonchev–Trinajstić information content (AvgIpc) is 3.18. The molecule has 0 spiro atoms. The van der Waals surface area contributed by atoms with E-state index in [0.29, 0.717) is 11.3 Å². The van der Waals surface area contributed by atoms with Crippen LogP contribution in [0.2, 0.25) is 0 Å². The molecular formula is C23H15BrFIN2O3. The van der Waals surface area contributed by atoms with E-state index in [1.165, 1.54) is 18.3 Å². The molecule has 0 aliphatic rings. The second-order valence-electron chi connectivity index (χ2n) is 6.58. The summed E-state index contributed by atoms with van der Waals surface area (Å²) in [5.41, 5.74) is 4.61. The van der Waals surface area contributed by atoms with Crippen LogP contribution < -0.4 is 10.2 Å². The number of rotatable bonds is 6. The van der Waals surface area contributed by atoms with E-state index in [9.17, 15) is 9.18 Å². The molecule has 0 aliphatic carbocycles. The number of carbonyl (C=O) groups excluding carboxylic acids is 1. The summed E-state index contributed by atoms with van der Waals surface area (Å²) in [6.45, 7) is 0.243. The first-order chi connectivity index (χ1) is 15.0. The minimum atomic E-state index is -0.434. The van der Waals surface area contributed by atoms with E-state index in [4.69, 9.17) is 9.15 Å². The van der Waals surface area contributed by atoms with Crippen LogP contribution in [0.3, 0.4) is 0 Å². The highest BCUT2D eigenvalue weighted by molar-refractivity contribution is 14.1. The minimum absolute atomic E-state index is 0.190. The van der Waals surface area contributed by atoms with Crippen molar-refractivity contribution in [1.29, 1.82) is 0 Å². The summed E-state index contributed by atoms with van der Waals surface area (Å²) < 4.78 is 26.3. The highest BCUT2D eigenvalue weighted by Crippen LogP contribution is 2.32. The smallest absolute Gasteiger partial charge is 0.307 e. The molecule has 0 fully saturated rings. The summed E-state index contributed by atoms with van der Waals surface area (Å²) in [6, 6.07) is 19.0. The van der Waals surface area contributed by atoms with E-state index < -0.39 is 5.91 Å². The fraction of sp³-hybridized carbons (Fsp3) is 0.0435. The molecule has 1 N–H and O–H groups in total. The Morgan fingerprint density at radius 3 is 2.77 bits per heavy atom. The highest BCUT2D eigenvalue weighted by Gasteiger charge is 2.12. The van der Waals surface area contributed by atoms with Gasteiger partial charge in [-0.3, -0.25) is 4.79 Å². The molecule has 31 heavy (non-hydrogen) atoms. The van der Waals surface area contributed by atoms with Crippen LogP contribution in [-0.4, -0.2) is 12.1 Å². The molecule has 0 atom stereocenters. The maximum absolute atomic E-state index is 13.3. The molecule has 4 aromatic rings. The van der Waals surface area contributed by atoms with Crippen LogP contribution in [-0.2, 0) is 6.61 Å². The van der Waals surface area contributed by atoms with Gasteiger partial charge in [-0.15, -0.1) is 0 Å². The molecular weight excluding hydrogens is 578 g/mol. The molecule has 1 heterocycles. The lowest BCUT2D eigenvalue weighted by Gasteiger charge is -2.11. The van der Waals surface area contributed by atoms with Crippen molar-refractivity contribution in [2.45, 2.75) is 6.61 Å². The van der Waals surface area contributed by atoms with Gasteiger partial charge in [0.15, 0.2) is 5.76 Å². The van der Waals surface area contributed by atoms with Gasteiger partial charge in [-0.1, -0.05) is 30.3 Å². The average molecular weight is 593 g/mol. The number of carbonyl (C=O) groups is 1. The van der Waals surface area contributed by atoms with Crippen LogP contribution in [0.4, 0.5) is 4.39 Å². The predicted octanol–water partition coefficient (Wildman–Crippen LogP) is 6.28. The summed E-state index contributed by atoms with van der Waals surface area (Å²) in [4.78, 5) is 12.3. The molecule has 5 nitrogen and oxygen atoms in total. The molecule has 4 rings (SSSR count). The zero-order valence-electron chi connectivity index (χ0n) is 15.9. The SMILES string of the molecule is O=C(N/N=C/c1cc(Br)c(OCc2cccc(F)c2)c(I)c1)c1cc2ccccc2o1. The van der Waals surface area contributed by atoms with Gasteiger partial charge < -0.3 is 9.15 Å². The molecule has 0 radical (unpaired) electrons. The summed E-state index contributed by atoms with van der Waals surface area (Å²) >= 11 is 5.65. The van der Waals surface area contributed by atoms with Crippen LogP contribution in [0.1, 0.15) is 21.7 Å². The third-order valence-corrected chi connectivity index (χ3v) is 5.71. The Morgan fingerprint density at radius 2 is 2.00 bits per heavy atom.